The van der Waals surface area contributed by atoms with Crippen LogP contribution in [0.25, 0.3) is 0 Å². The zero-order chi connectivity index (χ0) is 25.4. The molecule has 35 heavy (non-hydrogen) atoms. The molecule has 0 saturated heterocycles. The summed E-state index contributed by atoms with van der Waals surface area (Å²) in [5, 5.41) is 8.41. The second-order valence-corrected chi connectivity index (χ2v) is 8.14. The number of rotatable bonds is 9. The van der Waals surface area contributed by atoms with Crippen LogP contribution in [0.15, 0.2) is 72.8 Å². The summed E-state index contributed by atoms with van der Waals surface area (Å²) in [5.41, 5.74) is 1.91. The Hall–Kier alpha value is -4.33. The summed E-state index contributed by atoms with van der Waals surface area (Å²) in [5.74, 6) is 0.0288. The van der Waals surface area contributed by atoms with Crippen molar-refractivity contribution in [1.82, 2.24) is 5.32 Å². The second-order valence-electron chi connectivity index (χ2n) is 8.14. The molecule has 0 aliphatic rings. The van der Waals surface area contributed by atoms with E-state index >= 15 is 0 Å². The van der Waals surface area contributed by atoms with Crippen LogP contribution in [0.2, 0.25) is 0 Å². The van der Waals surface area contributed by atoms with Crippen LogP contribution in [0.4, 0.5) is 11.4 Å². The third-order valence-electron chi connectivity index (χ3n) is 5.36. The highest BCUT2D eigenvalue weighted by Crippen LogP contribution is 2.24. The number of hydrogen-bond acceptors (Lipinski definition) is 5. The Morgan fingerprint density at radius 1 is 0.714 bits per heavy atom. The van der Waals surface area contributed by atoms with Crippen molar-refractivity contribution in [3.8, 4) is 11.5 Å². The lowest BCUT2D eigenvalue weighted by Crippen LogP contribution is -2.47. The third-order valence-corrected chi connectivity index (χ3v) is 5.36. The van der Waals surface area contributed by atoms with Crippen LogP contribution in [0, 0.1) is 5.92 Å². The van der Waals surface area contributed by atoms with E-state index in [9.17, 15) is 14.4 Å². The van der Waals surface area contributed by atoms with Crippen molar-refractivity contribution < 1.29 is 23.9 Å². The molecule has 0 heterocycles. The monoisotopic (exact) mass is 475 g/mol. The summed E-state index contributed by atoms with van der Waals surface area (Å²) >= 11 is 0. The summed E-state index contributed by atoms with van der Waals surface area (Å²) in [7, 11) is 3.08. The van der Waals surface area contributed by atoms with Crippen LogP contribution >= 0.6 is 0 Å². The lowest BCUT2D eigenvalue weighted by atomic mass is 10.0. The quantitative estimate of drug-likeness (QED) is 0.427. The number of para-hydroxylation sites is 2. The second kappa shape index (κ2) is 11.7. The lowest BCUT2D eigenvalue weighted by Gasteiger charge is -2.22. The molecule has 0 radical (unpaired) electrons. The molecule has 0 aliphatic heterocycles. The Kier molecular flexibility index (Phi) is 8.45. The number of carbonyl (C=O) groups excluding carboxylic acids is 3. The number of methoxy groups -OCH3 is 2. The van der Waals surface area contributed by atoms with Crippen LogP contribution in [0.5, 0.6) is 11.5 Å². The maximum absolute atomic E-state index is 12.9. The van der Waals surface area contributed by atoms with E-state index in [4.69, 9.17) is 9.47 Å². The molecule has 8 nitrogen and oxygen atoms in total. The lowest BCUT2D eigenvalue weighted by molar-refractivity contribution is -0.118. The summed E-state index contributed by atoms with van der Waals surface area (Å²) < 4.78 is 10.4. The molecular weight excluding hydrogens is 446 g/mol. The average molecular weight is 476 g/mol. The number of nitrogens with one attached hydrogen (secondary N) is 3. The minimum absolute atomic E-state index is 0.150. The summed E-state index contributed by atoms with van der Waals surface area (Å²) in [6.45, 7) is 3.70. The average Bonchev–Trinajstić information content (AvgIpc) is 2.87. The largest absolute Gasteiger partial charge is 0.497 e. The van der Waals surface area contributed by atoms with Gasteiger partial charge >= 0.3 is 0 Å². The molecule has 1 atom stereocenters. The number of anilines is 2. The highest BCUT2D eigenvalue weighted by Gasteiger charge is 2.25. The van der Waals surface area contributed by atoms with Gasteiger partial charge in [0.15, 0.2) is 0 Å². The van der Waals surface area contributed by atoms with Crippen molar-refractivity contribution in [3.05, 3.63) is 83.9 Å². The maximum Gasteiger partial charge on any atom is 0.255 e. The summed E-state index contributed by atoms with van der Waals surface area (Å²) in [6, 6.07) is 19.5. The molecule has 0 aromatic heterocycles. The topological polar surface area (TPSA) is 106 Å². The van der Waals surface area contributed by atoms with Crippen molar-refractivity contribution in [1.29, 1.82) is 0 Å². The normalized spacial score (nSPS) is 11.3. The molecule has 0 saturated carbocycles. The van der Waals surface area contributed by atoms with E-state index in [2.05, 4.69) is 16.0 Å². The van der Waals surface area contributed by atoms with Gasteiger partial charge < -0.3 is 25.4 Å². The molecule has 182 valence electrons. The Bertz CT molecular complexity index is 1170. The standard InChI is InChI=1S/C27H29N3O5/c1-17(2)24(30-26(32)19-11-15-21(34-3)16-12-19)27(33)28-20-13-9-18(10-14-20)25(31)29-22-7-5-6-8-23(22)35-4/h5-17,24H,1-4H3,(H,28,33)(H,29,31)(H,30,32). The van der Waals surface area contributed by atoms with Crippen molar-refractivity contribution >= 4 is 29.1 Å². The summed E-state index contributed by atoms with van der Waals surface area (Å²) in [6.07, 6.45) is 0. The van der Waals surface area contributed by atoms with Gasteiger partial charge in [-0.3, -0.25) is 14.4 Å². The number of ether oxygens (including phenoxy) is 2. The highest BCUT2D eigenvalue weighted by molar-refractivity contribution is 6.06. The number of hydrogen-bond donors (Lipinski definition) is 3. The van der Waals surface area contributed by atoms with Gasteiger partial charge in [0, 0.05) is 16.8 Å². The van der Waals surface area contributed by atoms with Gasteiger partial charge in [0.1, 0.15) is 17.5 Å². The predicted octanol–water partition coefficient (Wildman–Crippen LogP) is 4.35. The molecule has 8 heteroatoms. The molecule has 0 fully saturated rings. The van der Waals surface area contributed by atoms with Gasteiger partial charge in [-0.2, -0.15) is 0 Å². The molecule has 0 aliphatic carbocycles. The zero-order valence-corrected chi connectivity index (χ0v) is 20.1. The minimum Gasteiger partial charge on any atom is -0.497 e. The maximum atomic E-state index is 12.9. The molecule has 3 amide bonds. The van der Waals surface area contributed by atoms with E-state index in [-0.39, 0.29) is 23.6 Å². The Morgan fingerprint density at radius 2 is 1.31 bits per heavy atom. The summed E-state index contributed by atoms with van der Waals surface area (Å²) in [4.78, 5) is 38.2. The van der Waals surface area contributed by atoms with Crippen LogP contribution in [-0.4, -0.2) is 38.0 Å². The fourth-order valence-corrected chi connectivity index (χ4v) is 3.37. The highest BCUT2D eigenvalue weighted by atomic mass is 16.5. The Balaban J connectivity index is 1.63. The van der Waals surface area contributed by atoms with Gasteiger partial charge in [0.2, 0.25) is 5.91 Å². The van der Waals surface area contributed by atoms with E-state index in [0.717, 1.165) is 0 Å². The van der Waals surface area contributed by atoms with Crippen molar-refractivity contribution in [2.45, 2.75) is 19.9 Å². The molecule has 3 aromatic carbocycles. The van der Waals surface area contributed by atoms with Crippen molar-refractivity contribution in [3.63, 3.8) is 0 Å². The van der Waals surface area contributed by atoms with Crippen LogP contribution in [0.1, 0.15) is 34.6 Å². The van der Waals surface area contributed by atoms with E-state index < -0.39 is 6.04 Å². The first kappa shape index (κ1) is 25.3. The van der Waals surface area contributed by atoms with Crippen molar-refractivity contribution in [2.24, 2.45) is 5.92 Å². The van der Waals surface area contributed by atoms with Crippen LogP contribution in [0.3, 0.4) is 0 Å². The van der Waals surface area contributed by atoms with E-state index in [0.29, 0.717) is 34.0 Å². The fraction of sp³-hybridized carbons (Fsp3) is 0.222. The van der Waals surface area contributed by atoms with Gasteiger partial charge in [-0.1, -0.05) is 26.0 Å². The van der Waals surface area contributed by atoms with Crippen LogP contribution < -0.4 is 25.4 Å². The predicted molar refractivity (Wildman–Crippen MR) is 135 cm³/mol. The first-order chi connectivity index (χ1) is 16.8. The van der Waals surface area contributed by atoms with E-state index in [1.165, 1.54) is 7.11 Å². The van der Waals surface area contributed by atoms with Gasteiger partial charge in [0.25, 0.3) is 11.8 Å². The van der Waals surface area contributed by atoms with Gasteiger partial charge in [0.05, 0.1) is 19.9 Å². The smallest absolute Gasteiger partial charge is 0.255 e. The molecule has 0 spiro atoms. The number of benzene rings is 3. The Morgan fingerprint density at radius 3 is 1.91 bits per heavy atom. The minimum atomic E-state index is -0.752. The first-order valence-electron chi connectivity index (χ1n) is 11.1. The van der Waals surface area contributed by atoms with E-state index in [1.54, 1.807) is 73.8 Å². The molecule has 3 aromatic rings. The molecule has 3 rings (SSSR count). The van der Waals surface area contributed by atoms with Gasteiger partial charge in [-0.15, -0.1) is 0 Å². The fourth-order valence-electron chi connectivity index (χ4n) is 3.37. The van der Waals surface area contributed by atoms with Crippen LogP contribution in [-0.2, 0) is 4.79 Å². The number of carbonyl (C=O) groups is 3. The first-order valence-corrected chi connectivity index (χ1v) is 11.1. The molecular formula is C27H29N3O5. The number of amides is 3. The van der Waals surface area contributed by atoms with Crippen molar-refractivity contribution in [2.75, 3.05) is 24.9 Å². The van der Waals surface area contributed by atoms with E-state index in [1.807, 2.05) is 19.9 Å². The zero-order valence-electron chi connectivity index (χ0n) is 20.1. The SMILES string of the molecule is COc1ccc(C(=O)NC(C(=O)Nc2ccc(C(=O)Nc3ccccc3OC)cc2)C(C)C)cc1. The molecule has 1 unspecified atom stereocenters. The molecule has 3 N–H and O–H groups in total. The molecule has 0 bridgehead atoms. The Labute approximate surface area is 204 Å². The van der Waals surface area contributed by atoms with Gasteiger partial charge in [-0.05, 0) is 66.6 Å². The third kappa shape index (κ3) is 6.60. The van der Waals surface area contributed by atoms with Gasteiger partial charge in [-0.25, -0.2) is 0 Å².